The third kappa shape index (κ3) is 2.72. The molecular weight excluding hydrogens is 398 g/mol. The van der Waals surface area contributed by atoms with Gasteiger partial charge in [0.25, 0.3) is 0 Å². The predicted octanol–water partition coefficient (Wildman–Crippen LogP) is 4.45. The van der Waals surface area contributed by atoms with Crippen LogP contribution >= 0.6 is 0 Å². The molecule has 1 aliphatic heterocycles. The maximum absolute atomic E-state index is 12.8. The van der Waals surface area contributed by atoms with E-state index in [4.69, 9.17) is 4.98 Å². The van der Waals surface area contributed by atoms with Crippen LogP contribution in [0.5, 0.6) is 0 Å². The second-order valence-corrected chi connectivity index (χ2v) is 9.38. The van der Waals surface area contributed by atoms with E-state index in [9.17, 15) is 4.79 Å². The van der Waals surface area contributed by atoms with Gasteiger partial charge in [0, 0.05) is 64.6 Å². The summed E-state index contributed by atoms with van der Waals surface area (Å²) in [6.07, 6.45) is 6.65. The second kappa shape index (κ2) is 6.87. The fourth-order valence-electron chi connectivity index (χ4n) is 5.81. The Morgan fingerprint density at radius 3 is 2.62 bits per heavy atom. The number of hydrogen-bond acceptors (Lipinski definition) is 4. The summed E-state index contributed by atoms with van der Waals surface area (Å²) in [5.41, 5.74) is 9.63. The summed E-state index contributed by atoms with van der Waals surface area (Å²) in [4.78, 5) is 20.8. The van der Waals surface area contributed by atoms with Crippen molar-refractivity contribution in [1.82, 2.24) is 25.1 Å². The van der Waals surface area contributed by atoms with Gasteiger partial charge in [0.15, 0.2) is 5.78 Å². The minimum Gasteiger partial charge on any atom is -0.346 e. The molecule has 0 bridgehead atoms. The molecular formula is C26H27N5O. The number of carbonyl (C=O) groups excluding carboxylic acids is 1. The van der Waals surface area contributed by atoms with Crippen LogP contribution in [0.15, 0.2) is 36.7 Å². The number of H-pyrrole nitrogens is 1. The second-order valence-electron chi connectivity index (χ2n) is 9.38. The summed E-state index contributed by atoms with van der Waals surface area (Å²) in [6, 6.07) is 8.60. The first kappa shape index (κ1) is 19.4. The zero-order valence-electron chi connectivity index (χ0n) is 18.7. The van der Waals surface area contributed by atoms with Crippen molar-refractivity contribution < 1.29 is 4.79 Å². The molecule has 6 heteroatoms. The van der Waals surface area contributed by atoms with E-state index in [1.807, 2.05) is 37.1 Å². The molecule has 1 aromatic carbocycles. The number of aromatic nitrogens is 4. The monoisotopic (exact) mass is 425 g/mol. The Labute approximate surface area is 187 Å². The molecule has 1 saturated heterocycles. The number of rotatable bonds is 2. The van der Waals surface area contributed by atoms with Crippen LogP contribution in [0.2, 0.25) is 0 Å². The van der Waals surface area contributed by atoms with E-state index in [1.54, 1.807) is 0 Å². The molecule has 2 aliphatic rings. The molecule has 1 spiro atoms. The molecule has 0 unspecified atom stereocenters. The van der Waals surface area contributed by atoms with Crippen LogP contribution in [-0.4, -0.2) is 38.6 Å². The molecule has 6 rings (SSSR count). The van der Waals surface area contributed by atoms with E-state index < -0.39 is 0 Å². The van der Waals surface area contributed by atoms with Gasteiger partial charge in [0.1, 0.15) is 5.65 Å². The number of Topliss-reactive ketones (excluding diaryl/α,β-unsaturated/α-hetero) is 1. The van der Waals surface area contributed by atoms with Gasteiger partial charge >= 0.3 is 0 Å². The summed E-state index contributed by atoms with van der Waals surface area (Å²) in [5.74, 6) is 0.291. The minimum absolute atomic E-state index is 0.00682. The van der Waals surface area contributed by atoms with Crippen LogP contribution in [0.1, 0.15) is 46.6 Å². The summed E-state index contributed by atoms with van der Waals surface area (Å²) in [7, 11) is 1.97. The van der Waals surface area contributed by atoms with Crippen molar-refractivity contribution >= 4 is 16.8 Å². The van der Waals surface area contributed by atoms with Crippen molar-refractivity contribution in [3.8, 4) is 22.3 Å². The van der Waals surface area contributed by atoms with Gasteiger partial charge in [-0.2, -0.15) is 5.10 Å². The third-order valence-corrected chi connectivity index (χ3v) is 7.59. The zero-order chi connectivity index (χ0) is 22.0. The van der Waals surface area contributed by atoms with E-state index in [1.165, 1.54) is 5.56 Å². The van der Waals surface area contributed by atoms with E-state index >= 15 is 0 Å². The highest BCUT2D eigenvalue weighted by Crippen LogP contribution is 2.46. The first-order chi connectivity index (χ1) is 15.5. The molecule has 6 nitrogen and oxygen atoms in total. The summed E-state index contributed by atoms with van der Waals surface area (Å²) in [6.45, 7) is 6.08. The fraction of sp³-hybridized carbons (Fsp3) is 0.346. The molecule has 0 atom stereocenters. The minimum atomic E-state index is -0.00682. The molecule has 32 heavy (non-hydrogen) atoms. The van der Waals surface area contributed by atoms with Crippen LogP contribution in [0, 0.1) is 13.8 Å². The average molecular weight is 426 g/mol. The largest absolute Gasteiger partial charge is 0.346 e. The number of aromatic amines is 1. The topological polar surface area (TPSA) is 75.6 Å². The van der Waals surface area contributed by atoms with Crippen molar-refractivity contribution in [2.24, 2.45) is 7.05 Å². The van der Waals surface area contributed by atoms with E-state index in [-0.39, 0.29) is 5.41 Å². The molecule has 2 N–H and O–H groups in total. The van der Waals surface area contributed by atoms with E-state index in [0.717, 1.165) is 76.2 Å². The lowest BCUT2D eigenvalue weighted by atomic mass is 9.74. The fourth-order valence-corrected chi connectivity index (χ4v) is 5.81. The lowest BCUT2D eigenvalue weighted by molar-refractivity contribution is 0.0964. The van der Waals surface area contributed by atoms with Gasteiger partial charge in [-0.25, -0.2) is 4.98 Å². The number of nitrogens with zero attached hydrogens (tertiary/aromatic N) is 3. The number of ketones is 1. The molecule has 0 saturated carbocycles. The number of aryl methyl sites for hydroxylation is 2. The Bertz CT molecular complexity index is 1390. The number of carbonyl (C=O) groups is 1. The number of pyridine rings is 1. The Morgan fingerprint density at radius 2 is 1.88 bits per heavy atom. The standard InChI is InChI=1S/C26H27N5O/c1-15-24(16(2)31(3)30-15)18-10-20-21(14-29-25(20)28-13-18)17-4-5-19-22(11-17)26(12-23(19)32)6-8-27-9-7-26/h4-5,10-11,13-14,27H,6-9,12H2,1-3H3,(H,28,29). The molecule has 0 radical (unpaired) electrons. The Morgan fingerprint density at radius 1 is 1.06 bits per heavy atom. The van der Waals surface area contributed by atoms with Crippen LogP contribution in [0.4, 0.5) is 0 Å². The zero-order valence-corrected chi connectivity index (χ0v) is 18.7. The molecule has 3 aromatic heterocycles. The smallest absolute Gasteiger partial charge is 0.164 e. The van der Waals surface area contributed by atoms with E-state index in [2.05, 4.69) is 40.5 Å². The van der Waals surface area contributed by atoms with Gasteiger partial charge in [-0.05, 0) is 63.0 Å². The molecule has 1 fully saturated rings. The molecule has 1 aliphatic carbocycles. The summed E-state index contributed by atoms with van der Waals surface area (Å²) >= 11 is 0. The normalized spacial score (nSPS) is 17.4. The number of fused-ring (bicyclic) bond motifs is 3. The maximum Gasteiger partial charge on any atom is 0.164 e. The summed E-state index contributed by atoms with van der Waals surface area (Å²) < 4.78 is 1.92. The van der Waals surface area contributed by atoms with Gasteiger partial charge in [-0.1, -0.05) is 12.1 Å². The van der Waals surface area contributed by atoms with Crippen LogP contribution in [0.25, 0.3) is 33.3 Å². The first-order valence-electron chi connectivity index (χ1n) is 11.3. The quantitative estimate of drug-likeness (QED) is 0.497. The predicted molar refractivity (Wildman–Crippen MR) is 126 cm³/mol. The number of piperidine rings is 1. The first-order valence-corrected chi connectivity index (χ1v) is 11.3. The number of hydrogen-bond donors (Lipinski definition) is 2. The lowest BCUT2D eigenvalue weighted by Crippen LogP contribution is -2.38. The van der Waals surface area contributed by atoms with Crippen molar-refractivity contribution in [3.05, 3.63) is 59.2 Å². The highest BCUT2D eigenvalue weighted by molar-refractivity contribution is 6.04. The SMILES string of the molecule is Cc1nn(C)c(C)c1-c1cnc2[nH]cc(-c3ccc4c(c3)C3(CCNCC3)CC4=O)c2c1. The molecule has 4 heterocycles. The van der Waals surface area contributed by atoms with E-state index in [0.29, 0.717) is 12.2 Å². The van der Waals surface area contributed by atoms with Crippen molar-refractivity contribution in [1.29, 1.82) is 0 Å². The maximum atomic E-state index is 12.8. The van der Waals surface area contributed by atoms with Crippen LogP contribution in [0.3, 0.4) is 0 Å². The lowest BCUT2D eigenvalue weighted by Gasteiger charge is -2.34. The van der Waals surface area contributed by atoms with Gasteiger partial charge in [0.2, 0.25) is 0 Å². The molecule has 0 amide bonds. The van der Waals surface area contributed by atoms with Crippen molar-refractivity contribution in [2.45, 2.75) is 38.5 Å². The van der Waals surface area contributed by atoms with Crippen LogP contribution in [-0.2, 0) is 12.5 Å². The number of nitrogens with one attached hydrogen (secondary N) is 2. The highest BCUT2D eigenvalue weighted by Gasteiger charge is 2.43. The Hall–Kier alpha value is -3.25. The average Bonchev–Trinajstić information content (AvgIpc) is 3.41. The Balaban J connectivity index is 1.50. The van der Waals surface area contributed by atoms with Gasteiger partial charge in [0.05, 0.1) is 5.69 Å². The molecule has 4 aromatic rings. The number of benzene rings is 1. The van der Waals surface area contributed by atoms with Crippen molar-refractivity contribution in [2.75, 3.05) is 13.1 Å². The summed E-state index contributed by atoms with van der Waals surface area (Å²) in [5, 5.41) is 9.11. The van der Waals surface area contributed by atoms with Crippen molar-refractivity contribution in [3.63, 3.8) is 0 Å². The Kier molecular flexibility index (Phi) is 4.17. The molecule has 162 valence electrons. The van der Waals surface area contributed by atoms with Gasteiger partial charge in [-0.15, -0.1) is 0 Å². The van der Waals surface area contributed by atoms with Gasteiger partial charge in [-0.3, -0.25) is 9.48 Å². The third-order valence-electron chi connectivity index (χ3n) is 7.59. The van der Waals surface area contributed by atoms with Gasteiger partial charge < -0.3 is 10.3 Å². The highest BCUT2D eigenvalue weighted by atomic mass is 16.1. The van der Waals surface area contributed by atoms with Crippen LogP contribution < -0.4 is 5.32 Å².